The van der Waals surface area contributed by atoms with E-state index in [0.717, 1.165) is 5.56 Å². The molecule has 64 valence electrons. The van der Waals surface area contributed by atoms with E-state index in [1.807, 2.05) is 30.3 Å². The van der Waals surface area contributed by atoms with Gasteiger partial charge >= 0.3 is 11.4 Å². The Morgan fingerprint density at radius 3 is 2.67 bits per heavy atom. The van der Waals surface area contributed by atoms with Crippen molar-refractivity contribution in [2.45, 2.75) is 6.10 Å². The third-order valence-electron chi connectivity index (χ3n) is 1.68. The lowest BCUT2D eigenvalue weighted by Crippen LogP contribution is -1.98. The number of hydrogen-bond acceptors (Lipinski definition) is 3. The highest BCUT2D eigenvalue weighted by molar-refractivity contribution is 7.75. The second-order valence-corrected chi connectivity index (χ2v) is 3.32. The summed E-state index contributed by atoms with van der Waals surface area (Å²) >= 11 is -1.55. The second kappa shape index (κ2) is 3.35. The summed E-state index contributed by atoms with van der Waals surface area (Å²) in [7, 11) is 0. The van der Waals surface area contributed by atoms with E-state index in [0.29, 0.717) is 6.61 Å². The zero-order valence-electron chi connectivity index (χ0n) is 6.30. The molecular formula is C8H8O3S. The molecule has 4 heteroatoms. The van der Waals surface area contributed by atoms with Gasteiger partial charge in [-0.3, -0.25) is 8.37 Å². The van der Waals surface area contributed by atoms with Crippen LogP contribution in [0.4, 0.5) is 0 Å². The summed E-state index contributed by atoms with van der Waals surface area (Å²) in [5, 5.41) is 0. The number of hydrogen-bond donors (Lipinski definition) is 0. The van der Waals surface area contributed by atoms with Crippen molar-refractivity contribution in [2.24, 2.45) is 0 Å². The average Bonchev–Trinajstić information content (AvgIpc) is 2.54. The fourth-order valence-corrected chi connectivity index (χ4v) is 1.73. The topological polar surface area (TPSA) is 35.5 Å². The molecule has 0 aliphatic carbocycles. The molecule has 1 heterocycles. The molecule has 3 nitrogen and oxygen atoms in total. The van der Waals surface area contributed by atoms with E-state index >= 15 is 0 Å². The maximum atomic E-state index is 10.7. The van der Waals surface area contributed by atoms with Crippen LogP contribution in [0.2, 0.25) is 0 Å². The zero-order chi connectivity index (χ0) is 8.39. The van der Waals surface area contributed by atoms with Gasteiger partial charge in [-0.1, -0.05) is 30.3 Å². The fourth-order valence-electron chi connectivity index (χ4n) is 1.09. The van der Waals surface area contributed by atoms with Gasteiger partial charge in [-0.2, -0.15) is 4.21 Å². The smallest absolute Gasteiger partial charge is 0.265 e. The quantitative estimate of drug-likeness (QED) is 0.661. The Balaban J connectivity index is 2.16. The first kappa shape index (κ1) is 7.91. The van der Waals surface area contributed by atoms with Crippen molar-refractivity contribution in [1.29, 1.82) is 0 Å². The molecule has 1 aromatic carbocycles. The lowest BCUT2D eigenvalue weighted by atomic mass is 10.1. The van der Waals surface area contributed by atoms with Crippen LogP contribution < -0.4 is 0 Å². The van der Waals surface area contributed by atoms with Gasteiger partial charge in [0.1, 0.15) is 6.10 Å². The van der Waals surface area contributed by atoms with Crippen molar-refractivity contribution in [3.63, 3.8) is 0 Å². The summed E-state index contributed by atoms with van der Waals surface area (Å²) < 4.78 is 20.5. The van der Waals surface area contributed by atoms with Crippen LogP contribution in [-0.2, 0) is 19.7 Å². The Morgan fingerprint density at radius 2 is 2.08 bits per heavy atom. The van der Waals surface area contributed by atoms with E-state index in [9.17, 15) is 4.21 Å². The number of rotatable bonds is 1. The largest absolute Gasteiger partial charge is 0.305 e. The summed E-state index contributed by atoms with van der Waals surface area (Å²) in [6, 6.07) is 9.61. The third kappa shape index (κ3) is 1.55. The van der Waals surface area contributed by atoms with E-state index in [1.54, 1.807) is 0 Å². The van der Waals surface area contributed by atoms with Crippen LogP contribution in [0.5, 0.6) is 0 Å². The van der Waals surface area contributed by atoms with Gasteiger partial charge < -0.3 is 0 Å². The Morgan fingerprint density at radius 1 is 1.33 bits per heavy atom. The summed E-state index contributed by atoms with van der Waals surface area (Å²) in [4.78, 5) is 0. The maximum Gasteiger partial charge on any atom is 0.305 e. The minimum absolute atomic E-state index is 0.174. The molecular weight excluding hydrogens is 176 g/mol. The van der Waals surface area contributed by atoms with Crippen LogP contribution in [0.1, 0.15) is 11.7 Å². The highest BCUT2D eigenvalue weighted by Crippen LogP contribution is 2.24. The predicted molar refractivity (Wildman–Crippen MR) is 44.4 cm³/mol. The maximum absolute atomic E-state index is 10.7. The van der Waals surface area contributed by atoms with Crippen LogP contribution in [-0.4, -0.2) is 10.8 Å². The molecule has 1 saturated heterocycles. The molecule has 0 bridgehead atoms. The van der Waals surface area contributed by atoms with Crippen LogP contribution in [0.15, 0.2) is 30.3 Å². The van der Waals surface area contributed by atoms with Gasteiger partial charge in [0.05, 0.1) is 6.61 Å². The average molecular weight is 184 g/mol. The first-order valence-electron chi connectivity index (χ1n) is 3.63. The standard InChI is InChI=1S/C8H8O3S/c9-12-10-6-8(11-12)7-4-2-1-3-5-7/h1-5,8H,6H2/t8-,12?/m0/s1. The molecule has 2 atom stereocenters. The molecule has 0 aromatic heterocycles. The lowest BCUT2D eigenvalue weighted by molar-refractivity contribution is 0.246. The minimum atomic E-state index is -1.55. The fraction of sp³-hybridized carbons (Fsp3) is 0.250. The molecule has 0 radical (unpaired) electrons. The molecule has 1 aromatic rings. The molecule has 0 spiro atoms. The molecule has 1 fully saturated rings. The van der Waals surface area contributed by atoms with Gasteiger partial charge in [0.15, 0.2) is 0 Å². The van der Waals surface area contributed by atoms with Crippen LogP contribution >= 0.6 is 0 Å². The zero-order valence-corrected chi connectivity index (χ0v) is 7.12. The summed E-state index contributed by atoms with van der Waals surface area (Å²) in [5.41, 5.74) is 1.00. The van der Waals surface area contributed by atoms with Crippen molar-refractivity contribution in [3.8, 4) is 0 Å². The Labute approximate surface area is 73.2 Å². The first-order chi connectivity index (χ1) is 5.86. The third-order valence-corrected chi connectivity index (χ3v) is 2.40. The van der Waals surface area contributed by atoms with Gasteiger partial charge in [0.2, 0.25) is 0 Å². The SMILES string of the molecule is O=S1OC[C@@H](c2ccccc2)O1. The Bertz CT molecular complexity index is 286. The molecule has 1 unspecified atom stereocenters. The predicted octanol–water partition coefficient (Wildman–Crippen LogP) is 1.35. The minimum Gasteiger partial charge on any atom is -0.265 e. The van der Waals surface area contributed by atoms with E-state index in [-0.39, 0.29) is 6.10 Å². The van der Waals surface area contributed by atoms with Crippen LogP contribution in [0.3, 0.4) is 0 Å². The van der Waals surface area contributed by atoms with Crippen molar-refractivity contribution in [1.82, 2.24) is 0 Å². The molecule has 1 aliphatic heterocycles. The molecule has 0 saturated carbocycles. The normalized spacial score (nSPS) is 29.0. The van der Waals surface area contributed by atoms with Crippen LogP contribution in [0, 0.1) is 0 Å². The van der Waals surface area contributed by atoms with Gasteiger partial charge in [-0.25, -0.2) is 0 Å². The summed E-state index contributed by atoms with van der Waals surface area (Å²) in [6.07, 6.45) is -0.174. The molecule has 1 aliphatic rings. The van der Waals surface area contributed by atoms with E-state index < -0.39 is 11.4 Å². The lowest BCUT2D eigenvalue weighted by Gasteiger charge is -2.03. The van der Waals surface area contributed by atoms with E-state index in [2.05, 4.69) is 0 Å². The Hall–Kier alpha value is -0.710. The van der Waals surface area contributed by atoms with Crippen molar-refractivity contribution in [3.05, 3.63) is 35.9 Å². The highest BCUT2D eigenvalue weighted by Gasteiger charge is 2.24. The molecule has 12 heavy (non-hydrogen) atoms. The highest BCUT2D eigenvalue weighted by atomic mass is 32.2. The van der Waals surface area contributed by atoms with Gasteiger partial charge in [0.25, 0.3) is 0 Å². The first-order valence-corrected chi connectivity index (χ1v) is 4.63. The monoisotopic (exact) mass is 184 g/mol. The molecule has 0 N–H and O–H groups in total. The van der Waals surface area contributed by atoms with Gasteiger partial charge in [0, 0.05) is 0 Å². The van der Waals surface area contributed by atoms with Crippen molar-refractivity contribution >= 4 is 11.4 Å². The second-order valence-electron chi connectivity index (χ2n) is 2.48. The number of benzene rings is 1. The summed E-state index contributed by atoms with van der Waals surface area (Å²) in [6.45, 7) is 0.372. The van der Waals surface area contributed by atoms with Gasteiger partial charge in [-0.15, -0.1) is 0 Å². The van der Waals surface area contributed by atoms with E-state index in [4.69, 9.17) is 8.37 Å². The Kier molecular flexibility index (Phi) is 2.21. The molecule has 2 rings (SSSR count). The van der Waals surface area contributed by atoms with Crippen LogP contribution in [0.25, 0.3) is 0 Å². The van der Waals surface area contributed by atoms with Gasteiger partial charge in [-0.05, 0) is 5.56 Å². The van der Waals surface area contributed by atoms with E-state index in [1.165, 1.54) is 0 Å². The van der Waals surface area contributed by atoms with Crippen molar-refractivity contribution < 1.29 is 12.6 Å². The summed E-state index contributed by atoms with van der Waals surface area (Å²) in [5.74, 6) is 0. The van der Waals surface area contributed by atoms with Crippen molar-refractivity contribution in [2.75, 3.05) is 6.61 Å². The molecule has 0 amide bonds.